The zero-order chi connectivity index (χ0) is 18.2. The van der Waals surface area contributed by atoms with Gasteiger partial charge in [0.05, 0.1) is 20.8 Å². The Morgan fingerprint density at radius 3 is 2.48 bits per heavy atom. The Labute approximate surface area is 149 Å². The molecule has 6 heteroatoms. The molecule has 2 rings (SSSR count). The second-order valence-corrected chi connectivity index (χ2v) is 6.53. The lowest BCUT2D eigenvalue weighted by atomic mass is 9.99. The molecule has 138 valence electrons. The average molecular weight is 348 g/mol. The number of rotatable bonds is 7. The normalized spacial score (nSPS) is 14.9. The highest BCUT2D eigenvalue weighted by atomic mass is 16.5. The van der Waals surface area contributed by atoms with Crippen LogP contribution >= 0.6 is 0 Å². The maximum absolute atomic E-state index is 12.1. The van der Waals surface area contributed by atoms with Crippen LogP contribution in [0.4, 0.5) is 0 Å². The Balaban J connectivity index is 1.74. The van der Waals surface area contributed by atoms with Crippen molar-refractivity contribution >= 4 is 11.8 Å². The highest BCUT2D eigenvalue weighted by molar-refractivity contribution is 5.84. The number of amides is 2. The highest BCUT2D eigenvalue weighted by Gasteiger charge is 2.20. The van der Waals surface area contributed by atoms with Gasteiger partial charge in [0.1, 0.15) is 0 Å². The number of carbonyl (C=O) groups is 2. The number of hydrogen-bond donors (Lipinski definition) is 1. The molecule has 1 N–H and O–H groups in total. The molecule has 1 fully saturated rings. The molecule has 0 unspecified atom stereocenters. The number of nitrogens with zero attached hydrogens (tertiary/aromatic N) is 1. The van der Waals surface area contributed by atoms with Crippen LogP contribution in [0, 0.1) is 5.92 Å². The first-order chi connectivity index (χ1) is 12.0. The van der Waals surface area contributed by atoms with Crippen LogP contribution in [0.2, 0.25) is 0 Å². The lowest BCUT2D eigenvalue weighted by molar-refractivity contribution is -0.133. The summed E-state index contributed by atoms with van der Waals surface area (Å²) in [6, 6.07) is 5.60. The molecule has 0 spiro atoms. The van der Waals surface area contributed by atoms with E-state index in [4.69, 9.17) is 9.47 Å². The quantitative estimate of drug-likeness (QED) is 0.818. The van der Waals surface area contributed by atoms with Crippen LogP contribution in [-0.4, -0.2) is 50.6 Å². The van der Waals surface area contributed by atoms with Gasteiger partial charge in [-0.25, -0.2) is 0 Å². The van der Waals surface area contributed by atoms with E-state index in [-0.39, 0.29) is 18.4 Å². The lowest BCUT2D eigenvalue weighted by Crippen LogP contribution is -2.43. The van der Waals surface area contributed by atoms with Gasteiger partial charge in [-0.3, -0.25) is 9.59 Å². The fraction of sp³-hybridized carbons (Fsp3) is 0.579. The van der Waals surface area contributed by atoms with Crippen molar-refractivity contribution in [2.24, 2.45) is 5.92 Å². The smallest absolute Gasteiger partial charge is 0.241 e. The fourth-order valence-electron chi connectivity index (χ4n) is 2.93. The molecule has 1 aliphatic rings. The van der Waals surface area contributed by atoms with Crippen LogP contribution in [0.3, 0.4) is 0 Å². The van der Waals surface area contributed by atoms with E-state index >= 15 is 0 Å². The molecule has 25 heavy (non-hydrogen) atoms. The molecule has 0 bridgehead atoms. The van der Waals surface area contributed by atoms with E-state index < -0.39 is 0 Å². The standard InChI is InChI=1S/C19H28N2O4/c1-14-8-10-21(11-9-14)19(23)13-20-18(22)7-5-15-4-6-16(24-2)17(12-15)25-3/h4,6,12,14H,5,7-11,13H2,1-3H3,(H,20,22). The summed E-state index contributed by atoms with van der Waals surface area (Å²) in [5, 5.41) is 2.73. The van der Waals surface area contributed by atoms with Gasteiger partial charge in [-0.2, -0.15) is 0 Å². The third-order valence-corrected chi connectivity index (χ3v) is 4.66. The van der Waals surface area contributed by atoms with Gasteiger partial charge in [-0.05, 0) is 42.9 Å². The summed E-state index contributed by atoms with van der Waals surface area (Å²) in [4.78, 5) is 26.0. The summed E-state index contributed by atoms with van der Waals surface area (Å²) >= 11 is 0. The zero-order valence-electron chi connectivity index (χ0n) is 15.3. The van der Waals surface area contributed by atoms with Crippen LogP contribution in [0.5, 0.6) is 11.5 Å². The molecule has 0 saturated carbocycles. The molecule has 1 aromatic rings. The Bertz CT molecular complexity index is 595. The molecule has 0 aromatic heterocycles. The van der Waals surface area contributed by atoms with Gasteiger partial charge in [0.15, 0.2) is 11.5 Å². The van der Waals surface area contributed by atoms with Crippen molar-refractivity contribution in [1.29, 1.82) is 0 Å². The maximum atomic E-state index is 12.1. The van der Waals surface area contributed by atoms with Crippen molar-refractivity contribution in [2.45, 2.75) is 32.6 Å². The van der Waals surface area contributed by atoms with Gasteiger partial charge in [-0.1, -0.05) is 13.0 Å². The lowest BCUT2D eigenvalue weighted by Gasteiger charge is -2.30. The Morgan fingerprint density at radius 1 is 1.16 bits per heavy atom. The number of aryl methyl sites for hydroxylation is 1. The van der Waals surface area contributed by atoms with Crippen molar-refractivity contribution < 1.29 is 19.1 Å². The number of likely N-dealkylation sites (tertiary alicyclic amines) is 1. The summed E-state index contributed by atoms with van der Waals surface area (Å²) in [5.41, 5.74) is 0.990. The van der Waals surface area contributed by atoms with Crippen LogP contribution in [0.25, 0.3) is 0 Å². The summed E-state index contributed by atoms with van der Waals surface area (Å²) in [5.74, 6) is 1.88. The van der Waals surface area contributed by atoms with Crippen molar-refractivity contribution in [3.63, 3.8) is 0 Å². The van der Waals surface area contributed by atoms with Crippen molar-refractivity contribution in [2.75, 3.05) is 33.9 Å². The van der Waals surface area contributed by atoms with Crippen molar-refractivity contribution in [1.82, 2.24) is 10.2 Å². The van der Waals surface area contributed by atoms with Gasteiger partial charge >= 0.3 is 0 Å². The minimum Gasteiger partial charge on any atom is -0.493 e. The Hall–Kier alpha value is -2.24. The summed E-state index contributed by atoms with van der Waals surface area (Å²) in [6.45, 7) is 3.87. The van der Waals surface area contributed by atoms with Gasteiger partial charge < -0.3 is 19.7 Å². The van der Waals surface area contributed by atoms with E-state index in [9.17, 15) is 9.59 Å². The number of piperidine rings is 1. The van der Waals surface area contributed by atoms with Gasteiger partial charge in [0.25, 0.3) is 0 Å². The van der Waals surface area contributed by atoms with Crippen LogP contribution in [0.15, 0.2) is 18.2 Å². The number of carbonyl (C=O) groups excluding carboxylic acids is 2. The first kappa shape index (κ1) is 19.1. The van der Waals surface area contributed by atoms with E-state index in [1.807, 2.05) is 23.1 Å². The van der Waals surface area contributed by atoms with E-state index in [0.29, 0.717) is 30.3 Å². The number of ether oxygens (including phenoxy) is 2. The van der Waals surface area contributed by atoms with E-state index in [2.05, 4.69) is 12.2 Å². The van der Waals surface area contributed by atoms with Crippen molar-refractivity contribution in [3.05, 3.63) is 23.8 Å². The van der Waals surface area contributed by atoms with E-state index in [0.717, 1.165) is 31.5 Å². The van der Waals surface area contributed by atoms with Gasteiger partial charge in [-0.15, -0.1) is 0 Å². The number of benzene rings is 1. The summed E-state index contributed by atoms with van der Waals surface area (Å²) < 4.78 is 10.5. The van der Waals surface area contributed by atoms with Crippen LogP contribution in [-0.2, 0) is 16.0 Å². The molecule has 1 aliphatic heterocycles. The first-order valence-corrected chi connectivity index (χ1v) is 8.79. The zero-order valence-corrected chi connectivity index (χ0v) is 15.3. The molecule has 0 radical (unpaired) electrons. The average Bonchev–Trinajstić information content (AvgIpc) is 2.64. The monoisotopic (exact) mass is 348 g/mol. The molecule has 0 aliphatic carbocycles. The van der Waals surface area contributed by atoms with Crippen molar-refractivity contribution in [3.8, 4) is 11.5 Å². The minimum absolute atomic E-state index is 0.00590. The van der Waals surface area contributed by atoms with Crippen LogP contribution in [0.1, 0.15) is 31.7 Å². The Kier molecular flexibility index (Phi) is 7.10. The molecule has 1 heterocycles. The van der Waals surface area contributed by atoms with Gasteiger partial charge in [0.2, 0.25) is 11.8 Å². The third kappa shape index (κ3) is 5.66. The molecule has 6 nitrogen and oxygen atoms in total. The third-order valence-electron chi connectivity index (χ3n) is 4.66. The predicted octanol–water partition coefficient (Wildman–Crippen LogP) is 2.01. The molecular weight excluding hydrogens is 320 g/mol. The fourth-order valence-corrected chi connectivity index (χ4v) is 2.93. The van der Waals surface area contributed by atoms with Gasteiger partial charge in [0, 0.05) is 19.5 Å². The largest absolute Gasteiger partial charge is 0.493 e. The maximum Gasteiger partial charge on any atom is 0.241 e. The second-order valence-electron chi connectivity index (χ2n) is 6.53. The topological polar surface area (TPSA) is 67.9 Å². The summed E-state index contributed by atoms with van der Waals surface area (Å²) in [6.07, 6.45) is 3.00. The SMILES string of the molecule is COc1ccc(CCC(=O)NCC(=O)N2CCC(C)CC2)cc1OC. The molecular formula is C19H28N2O4. The molecule has 1 saturated heterocycles. The second kappa shape index (κ2) is 9.30. The highest BCUT2D eigenvalue weighted by Crippen LogP contribution is 2.27. The van der Waals surface area contributed by atoms with E-state index in [1.165, 1.54) is 0 Å². The molecule has 0 atom stereocenters. The summed E-state index contributed by atoms with van der Waals surface area (Å²) in [7, 11) is 3.17. The predicted molar refractivity (Wildman–Crippen MR) is 95.9 cm³/mol. The molecule has 2 amide bonds. The Morgan fingerprint density at radius 2 is 1.84 bits per heavy atom. The number of nitrogens with one attached hydrogen (secondary N) is 1. The van der Waals surface area contributed by atoms with E-state index in [1.54, 1.807) is 14.2 Å². The minimum atomic E-state index is -0.117. The number of methoxy groups -OCH3 is 2. The number of hydrogen-bond acceptors (Lipinski definition) is 4. The van der Waals surface area contributed by atoms with Crippen LogP contribution < -0.4 is 14.8 Å². The first-order valence-electron chi connectivity index (χ1n) is 8.79. The molecule has 1 aromatic carbocycles.